The van der Waals surface area contributed by atoms with Crippen LogP contribution in [0.2, 0.25) is 0 Å². The van der Waals surface area contributed by atoms with Crippen LogP contribution in [0, 0.1) is 5.92 Å². The molecule has 0 aromatic heterocycles. The molecule has 1 aromatic carbocycles. The number of hydrogen-bond acceptors (Lipinski definition) is 3. The molecule has 3 aliphatic carbocycles. The summed E-state index contributed by atoms with van der Waals surface area (Å²) >= 11 is 0. The zero-order valence-corrected chi connectivity index (χ0v) is 16.7. The van der Waals surface area contributed by atoms with Crippen molar-refractivity contribution in [3.8, 4) is 5.75 Å². The van der Waals surface area contributed by atoms with Crippen molar-refractivity contribution in [1.29, 1.82) is 0 Å². The highest BCUT2D eigenvalue weighted by molar-refractivity contribution is 5.85. The van der Waals surface area contributed by atoms with Gasteiger partial charge < -0.3 is 9.84 Å². The number of benzene rings is 1. The summed E-state index contributed by atoms with van der Waals surface area (Å²) in [6.45, 7) is 2.36. The molecule has 1 aromatic rings. The molecule has 1 N–H and O–H groups in total. The van der Waals surface area contributed by atoms with E-state index < -0.39 is 5.60 Å². The Bertz CT molecular complexity index is 676. The summed E-state index contributed by atoms with van der Waals surface area (Å²) in [7, 11) is 1.75. The minimum atomic E-state index is -0.549. The van der Waals surface area contributed by atoms with Crippen LogP contribution in [0.5, 0.6) is 5.75 Å². The number of ether oxygens (including phenoxy) is 1. The van der Waals surface area contributed by atoms with Gasteiger partial charge in [0, 0.05) is 18.0 Å². The Balaban J connectivity index is 0.00000168. The van der Waals surface area contributed by atoms with Gasteiger partial charge in [0.05, 0.1) is 12.7 Å². The van der Waals surface area contributed by atoms with Gasteiger partial charge in [-0.3, -0.25) is 4.90 Å². The van der Waals surface area contributed by atoms with Crippen molar-refractivity contribution < 1.29 is 9.84 Å². The third kappa shape index (κ3) is 2.47. The molecular weight excluding hydrogens is 346 g/mol. The molecule has 0 amide bonds. The van der Waals surface area contributed by atoms with Crippen LogP contribution in [0.4, 0.5) is 0 Å². The highest BCUT2D eigenvalue weighted by Crippen LogP contribution is 2.58. The lowest BCUT2D eigenvalue weighted by Crippen LogP contribution is -2.72. The van der Waals surface area contributed by atoms with E-state index in [2.05, 4.69) is 23.1 Å². The van der Waals surface area contributed by atoms with Crippen molar-refractivity contribution in [1.82, 2.24) is 4.90 Å². The van der Waals surface area contributed by atoms with Crippen molar-refractivity contribution in [3.63, 3.8) is 0 Å². The van der Waals surface area contributed by atoms with E-state index in [0.717, 1.165) is 43.9 Å². The maximum absolute atomic E-state index is 12.1. The molecule has 3 nitrogen and oxygen atoms in total. The summed E-state index contributed by atoms with van der Waals surface area (Å²) in [6.07, 6.45) is 10.8. The Morgan fingerprint density at radius 3 is 2.69 bits per heavy atom. The van der Waals surface area contributed by atoms with Crippen LogP contribution in [-0.2, 0) is 11.8 Å². The second-order valence-corrected chi connectivity index (χ2v) is 9.00. The van der Waals surface area contributed by atoms with Gasteiger partial charge >= 0.3 is 0 Å². The molecule has 26 heavy (non-hydrogen) atoms. The predicted octanol–water partition coefficient (Wildman–Crippen LogP) is 4.09. The molecule has 2 bridgehead atoms. The normalized spacial score (nSPS) is 36.3. The summed E-state index contributed by atoms with van der Waals surface area (Å²) in [5.41, 5.74) is 2.25. The highest BCUT2D eigenvalue weighted by atomic mass is 35.5. The van der Waals surface area contributed by atoms with Gasteiger partial charge in [-0.05, 0) is 74.2 Å². The second kappa shape index (κ2) is 6.68. The van der Waals surface area contributed by atoms with Gasteiger partial charge in [-0.1, -0.05) is 25.3 Å². The van der Waals surface area contributed by atoms with Gasteiger partial charge in [0.25, 0.3) is 0 Å². The van der Waals surface area contributed by atoms with E-state index in [0.29, 0.717) is 6.04 Å². The van der Waals surface area contributed by atoms with Crippen LogP contribution in [0.1, 0.15) is 62.5 Å². The minimum absolute atomic E-state index is 0. The number of nitrogens with zero attached hydrogens (tertiary/aromatic N) is 1. The first-order valence-electron chi connectivity index (χ1n) is 10.3. The van der Waals surface area contributed by atoms with Crippen LogP contribution in [0.25, 0.3) is 0 Å². The van der Waals surface area contributed by atoms with Crippen LogP contribution in [0.3, 0.4) is 0 Å². The maximum atomic E-state index is 12.1. The molecule has 1 heterocycles. The van der Waals surface area contributed by atoms with Gasteiger partial charge in [0.1, 0.15) is 5.75 Å². The Morgan fingerprint density at radius 2 is 1.96 bits per heavy atom. The predicted molar refractivity (Wildman–Crippen MR) is 106 cm³/mol. The molecule has 4 aliphatic rings. The molecule has 0 spiro atoms. The molecule has 4 heteroatoms. The SMILES string of the molecule is COc1ccc2c(c1)[C@@]13CCCC[C@@]1(O)[C@@H](C2)N(CC1CCC1)CC3.Cl. The average molecular weight is 378 g/mol. The molecule has 2 saturated carbocycles. The Hall–Kier alpha value is -0.770. The Morgan fingerprint density at radius 1 is 1.15 bits per heavy atom. The van der Waals surface area contributed by atoms with Crippen LogP contribution in [0.15, 0.2) is 18.2 Å². The highest BCUT2D eigenvalue weighted by Gasteiger charge is 2.63. The van der Waals surface area contributed by atoms with Crippen molar-refractivity contribution in [2.45, 2.75) is 74.8 Å². The second-order valence-electron chi connectivity index (χ2n) is 9.00. The number of likely N-dealkylation sites (tertiary alicyclic amines) is 1. The standard InChI is InChI=1S/C22H31NO2.ClH/c1-25-18-8-7-17-13-20-22(24)10-3-2-9-21(22,19(17)14-18)11-12-23(20)15-16-5-4-6-16;/h7-8,14,16,20,24H,2-6,9-13,15H2,1H3;1H/t20-,21+,22-;/m1./s1. The fourth-order valence-corrected chi connectivity index (χ4v) is 6.44. The van der Waals surface area contributed by atoms with Crippen LogP contribution >= 0.6 is 12.4 Å². The van der Waals surface area contributed by atoms with E-state index >= 15 is 0 Å². The summed E-state index contributed by atoms with van der Waals surface area (Å²) in [4.78, 5) is 2.67. The molecule has 3 fully saturated rings. The number of methoxy groups -OCH3 is 1. The maximum Gasteiger partial charge on any atom is 0.119 e. The van der Waals surface area contributed by atoms with E-state index in [4.69, 9.17) is 4.74 Å². The molecule has 1 aliphatic heterocycles. The van der Waals surface area contributed by atoms with Gasteiger partial charge in [-0.25, -0.2) is 0 Å². The van der Waals surface area contributed by atoms with Crippen molar-refractivity contribution in [3.05, 3.63) is 29.3 Å². The van der Waals surface area contributed by atoms with E-state index in [9.17, 15) is 5.11 Å². The largest absolute Gasteiger partial charge is 0.497 e. The lowest BCUT2D eigenvalue weighted by Gasteiger charge is -2.64. The lowest BCUT2D eigenvalue weighted by atomic mass is 9.49. The van der Waals surface area contributed by atoms with Gasteiger partial charge in [0.15, 0.2) is 0 Å². The molecule has 0 radical (unpaired) electrons. The fourth-order valence-electron chi connectivity index (χ4n) is 6.44. The number of halogens is 1. The van der Waals surface area contributed by atoms with E-state index in [1.165, 1.54) is 49.8 Å². The zero-order valence-electron chi connectivity index (χ0n) is 15.9. The van der Waals surface area contributed by atoms with Crippen molar-refractivity contribution in [2.24, 2.45) is 5.92 Å². The third-order valence-corrected chi connectivity index (χ3v) is 8.02. The molecule has 0 unspecified atom stereocenters. The quantitative estimate of drug-likeness (QED) is 0.861. The minimum Gasteiger partial charge on any atom is -0.497 e. The number of aliphatic hydroxyl groups is 1. The first-order valence-corrected chi connectivity index (χ1v) is 10.3. The fraction of sp³-hybridized carbons (Fsp3) is 0.727. The van der Waals surface area contributed by atoms with Crippen molar-refractivity contribution in [2.75, 3.05) is 20.2 Å². The number of rotatable bonds is 3. The summed E-state index contributed by atoms with van der Waals surface area (Å²) in [6, 6.07) is 6.92. The molecule has 5 rings (SSSR count). The third-order valence-electron chi connectivity index (χ3n) is 8.02. The smallest absolute Gasteiger partial charge is 0.119 e. The summed E-state index contributed by atoms with van der Waals surface area (Å²) < 4.78 is 5.53. The first-order chi connectivity index (χ1) is 12.2. The zero-order chi connectivity index (χ0) is 17.1. The first kappa shape index (κ1) is 18.6. The van der Waals surface area contributed by atoms with Crippen LogP contribution < -0.4 is 4.74 Å². The number of hydrogen-bond donors (Lipinski definition) is 1. The number of piperidine rings is 1. The average Bonchev–Trinajstić information content (AvgIpc) is 2.59. The molecule has 1 saturated heterocycles. The topological polar surface area (TPSA) is 32.7 Å². The van der Waals surface area contributed by atoms with E-state index in [1.54, 1.807) is 7.11 Å². The Labute approximate surface area is 163 Å². The monoisotopic (exact) mass is 377 g/mol. The lowest BCUT2D eigenvalue weighted by molar-refractivity contribution is -0.169. The molecule has 144 valence electrons. The van der Waals surface area contributed by atoms with Gasteiger partial charge in [-0.15, -0.1) is 12.4 Å². The summed E-state index contributed by atoms with van der Waals surface area (Å²) in [5, 5.41) is 12.1. The van der Waals surface area contributed by atoms with Gasteiger partial charge in [-0.2, -0.15) is 0 Å². The van der Waals surface area contributed by atoms with E-state index in [-0.39, 0.29) is 17.8 Å². The van der Waals surface area contributed by atoms with Crippen LogP contribution in [-0.4, -0.2) is 41.8 Å². The number of fused-ring (bicyclic) bond motifs is 1. The molecule has 3 atom stereocenters. The Kier molecular flexibility index (Phi) is 4.78. The summed E-state index contributed by atoms with van der Waals surface area (Å²) in [5.74, 6) is 1.81. The van der Waals surface area contributed by atoms with E-state index in [1.807, 2.05) is 0 Å². The molecular formula is C22H32ClNO2. The van der Waals surface area contributed by atoms with Gasteiger partial charge in [0.2, 0.25) is 0 Å². The van der Waals surface area contributed by atoms with Crippen molar-refractivity contribution >= 4 is 12.4 Å².